The number of fused-ring (bicyclic) bond motifs is 3. The Kier molecular flexibility index (Phi) is 5.75. The number of nitrogens with zero attached hydrogens (tertiary/aromatic N) is 2. The van der Waals surface area contributed by atoms with Gasteiger partial charge in [0.05, 0.1) is 5.03 Å². The Balaban J connectivity index is 1.41. The largest absolute Gasteiger partial charge is 0.423 e. The highest BCUT2D eigenvalue weighted by molar-refractivity contribution is 7.98. The molecule has 3 heterocycles. The molecule has 0 aliphatic carbocycles. The molecule has 0 radical (unpaired) electrons. The Morgan fingerprint density at radius 3 is 2.59 bits per heavy atom. The van der Waals surface area contributed by atoms with E-state index < -0.39 is 10.0 Å². The van der Waals surface area contributed by atoms with Gasteiger partial charge in [-0.25, -0.2) is 18.2 Å². The number of thioether (sulfide) groups is 1. The third kappa shape index (κ3) is 4.05. The van der Waals surface area contributed by atoms with Crippen molar-refractivity contribution in [2.45, 2.75) is 34.9 Å². The van der Waals surface area contributed by atoms with Gasteiger partial charge in [0.2, 0.25) is 10.0 Å². The number of benzene rings is 2. The third-order valence-corrected chi connectivity index (χ3v) is 8.63. The van der Waals surface area contributed by atoms with Crippen LogP contribution in [0.1, 0.15) is 24.8 Å². The molecule has 1 fully saturated rings. The van der Waals surface area contributed by atoms with Gasteiger partial charge in [0.1, 0.15) is 10.5 Å². The van der Waals surface area contributed by atoms with E-state index in [1.807, 2.05) is 36.4 Å². The minimum atomic E-state index is -3.50. The number of hydrogen-bond donors (Lipinski definition) is 0. The molecular formula is C24H22N2O4S2. The highest BCUT2D eigenvalue weighted by Crippen LogP contribution is 2.31. The van der Waals surface area contributed by atoms with Gasteiger partial charge in [-0.1, -0.05) is 36.8 Å². The van der Waals surface area contributed by atoms with Gasteiger partial charge in [0.15, 0.2) is 0 Å². The van der Waals surface area contributed by atoms with Crippen molar-refractivity contribution in [1.82, 2.24) is 9.29 Å². The molecule has 0 saturated carbocycles. The molecule has 0 N–H and O–H groups in total. The fraction of sp³-hybridized carbons (Fsp3) is 0.250. The van der Waals surface area contributed by atoms with E-state index in [9.17, 15) is 13.2 Å². The van der Waals surface area contributed by atoms with Crippen molar-refractivity contribution in [3.05, 3.63) is 76.8 Å². The van der Waals surface area contributed by atoms with Crippen LogP contribution in [0.3, 0.4) is 0 Å². The predicted octanol–water partition coefficient (Wildman–Crippen LogP) is 4.81. The number of pyridine rings is 1. The maximum absolute atomic E-state index is 12.8. The smallest absolute Gasteiger partial charge is 0.336 e. The van der Waals surface area contributed by atoms with Gasteiger partial charge in [-0.05, 0) is 47.4 Å². The molecule has 2 aromatic heterocycles. The molecule has 0 atom stereocenters. The highest BCUT2D eigenvalue weighted by atomic mass is 32.2. The van der Waals surface area contributed by atoms with Crippen LogP contribution >= 0.6 is 11.8 Å². The minimum Gasteiger partial charge on any atom is -0.423 e. The van der Waals surface area contributed by atoms with E-state index in [4.69, 9.17) is 4.42 Å². The summed E-state index contributed by atoms with van der Waals surface area (Å²) in [4.78, 5) is 16.7. The van der Waals surface area contributed by atoms with Crippen molar-refractivity contribution in [3.63, 3.8) is 0 Å². The van der Waals surface area contributed by atoms with E-state index in [-0.39, 0.29) is 10.5 Å². The van der Waals surface area contributed by atoms with Gasteiger partial charge in [0.25, 0.3) is 0 Å². The molecule has 0 spiro atoms. The van der Waals surface area contributed by atoms with Crippen LogP contribution in [-0.2, 0) is 15.8 Å². The zero-order valence-corrected chi connectivity index (χ0v) is 19.0. The second kappa shape index (κ2) is 8.69. The number of rotatable bonds is 5. The standard InChI is InChI=1S/C24H22N2O4S2/c27-23-14-18(24-20-7-3-2-6-17(20)8-10-21(24)30-23)16-31-22-11-9-19(15-25-22)32(28,29)26-12-4-1-5-13-26/h2-3,6-11,14-15H,1,4-5,12-13,16H2. The van der Waals surface area contributed by atoms with Gasteiger partial charge in [-0.15, -0.1) is 11.8 Å². The van der Waals surface area contributed by atoms with E-state index in [2.05, 4.69) is 4.98 Å². The van der Waals surface area contributed by atoms with Crippen LogP contribution in [0.15, 0.2) is 79.9 Å². The monoisotopic (exact) mass is 466 g/mol. The number of sulfonamides is 1. The first-order chi connectivity index (χ1) is 15.5. The molecule has 164 valence electrons. The van der Waals surface area contributed by atoms with Crippen LogP contribution in [0.25, 0.3) is 21.7 Å². The first kappa shape index (κ1) is 21.2. The molecule has 5 rings (SSSR count). The van der Waals surface area contributed by atoms with Crippen LogP contribution in [0.4, 0.5) is 0 Å². The van der Waals surface area contributed by atoms with Gasteiger partial charge in [0, 0.05) is 36.5 Å². The SMILES string of the molecule is O=c1cc(CSc2ccc(S(=O)(=O)N3CCCCC3)cn2)c2c(ccc3ccccc32)o1. The van der Waals surface area contributed by atoms with Crippen LogP contribution < -0.4 is 5.63 Å². The van der Waals surface area contributed by atoms with Crippen molar-refractivity contribution in [1.29, 1.82) is 0 Å². The molecule has 4 aromatic rings. The molecule has 1 saturated heterocycles. The summed E-state index contributed by atoms with van der Waals surface area (Å²) in [6.45, 7) is 1.13. The normalized spacial score (nSPS) is 15.4. The molecule has 0 amide bonds. The van der Waals surface area contributed by atoms with Gasteiger partial charge >= 0.3 is 5.63 Å². The summed E-state index contributed by atoms with van der Waals surface area (Å²) < 4.78 is 32.6. The van der Waals surface area contributed by atoms with Gasteiger partial charge < -0.3 is 4.42 Å². The van der Waals surface area contributed by atoms with E-state index in [0.717, 1.165) is 41.0 Å². The Hall–Kier alpha value is -2.68. The fourth-order valence-corrected chi connectivity index (χ4v) is 6.43. The lowest BCUT2D eigenvalue weighted by Gasteiger charge is -2.25. The van der Waals surface area contributed by atoms with Gasteiger partial charge in [-0.2, -0.15) is 4.31 Å². The Morgan fingerprint density at radius 2 is 1.81 bits per heavy atom. The average Bonchev–Trinajstić information content (AvgIpc) is 2.83. The Labute approximate surface area is 190 Å². The van der Waals surface area contributed by atoms with Crippen LogP contribution in [0.2, 0.25) is 0 Å². The third-order valence-electron chi connectivity index (χ3n) is 5.75. The van der Waals surface area contributed by atoms with Crippen molar-refractivity contribution in [3.8, 4) is 0 Å². The second-order valence-electron chi connectivity index (χ2n) is 7.84. The highest BCUT2D eigenvalue weighted by Gasteiger charge is 2.26. The minimum absolute atomic E-state index is 0.223. The molecule has 8 heteroatoms. The van der Waals surface area contributed by atoms with Crippen LogP contribution in [0, 0.1) is 0 Å². The van der Waals surface area contributed by atoms with E-state index in [0.29, 0.717) is 29.5 Å². The lowest BCUT2D eigenvalue weighted by atomic mass is 10.0. The second-order valence-corrected chi connectivity index (χ2v) is 10.8. The zero-order chi connectivity index (χ0) is 22.1. The molecule has 32 heavy (non-hydrogen) atoms. The quantitative estimate of drug-likeness (QED) is 0.239. The molecule has 1 aliphatic rings. The van der Waals surface area contributed by atoms with Gasteiger partial charge in [-0.3, -0.25) is 0 Å². The van der Waals surface area contributed by atoms with Crippen molar-refractivity contribution >= 4 is 43.5 Å². The molecule has 6 nitrogen and oxygen atoms in total. The Bertz CT molecular complexity index is 1440. The average molecular weight is 467 g/mol. The molecule has 2 aromatic carbocycles. The summed E-state index contributed by atoms with van der Waals surface area (Å²) in [6.07, 6.45) is 4.30. The maximum Gasteiger partial charge on any atom is 0.336 e. The first-order valence-corrected chi connectivity index (χ1v) is 13.0. The number of aromatic nitrogens is 1. The lowest BCUT2D eigenvalue weighted by molar-refractivity contribution is 0.346. The summed E-state index contributed by atoms with van der Waals surface area (Å²) in [5, 5.41) is 3.72. The van der Waals surface area contributed by atoms with E-state index in [1.165, 1.54) is 24.0 Å². The summed E-state index contributed by atoms with van der Waals surface area (Å²) in [5.74, 6) is 0.515. The summed E-state index contributed by atoms with van der Waals surface area (Å²) >= 11 is 1.46. The predicted molar refractivity (Wildman–Crippen MR) is 126 cm³/mol. The zero-order valence-electron chi connectivity index (χ0n) is 17.4. The van der Waals surface area contributed by atoms with Crippen molar-refractivity contribution in [2.24, 2.45) is 0 Å². The maximum atomic E-state index is 12.8. The molecule has 0 unspecified atom stereocenters. The van der Waals surface area contributed by atoms with Crippen molar-refractivity contribution < 1.29 is 12.8 Å². The molecule has 0 bridgehead atoms. The first-order valence-electron chi connectivity index (χ1n) is 10.6. The van der Waals surface area contributed by atoms with Crippen LogP contribution in [-0.4, -0.2) is 30.8 Å². The topological polar surface area (TPSA) is 80.5 Å². The van der Waals surface area contributed by atoms with E-state index in [1.54, 1.807) is 16.4 Å². The van der Waals surface area contributed by atoms with Crippen LogP contribution in [0.5, 0.6) is 0 Å². The number of piperidine rings is 1. The van der Waals surface area contributed by atoms with E-state index >= 15 is 0 Å². The summed E-state index contributed by atoms with van der Waals surface area (Å²) in [5.41, 5.74) is 1.03. The summed E-state index contributed by atoms with van der Waals surface area (Å²) in [6, 6.07) is 16.6. The summed E-state index contributed by atoms with van der Waals surface area (Å²) in [7, 11) is -3.50. The molecular weight excluding hydrogens is 444 g/mol. The lowest BCUT2D eigenvalue weighted by Crippen LogP contribution is -2.35. The Morgan fingerprint density at radius 1 is 1.00 bits per heavy atom. The fourth-order valence-electron chi connectivity index (χ4n) is 4.14. The van der Waals surface area contributed by atoms with Crippen molar-refractivity contribution in [2.75, 3.05) is 13.1 Å². The molecule has 1 aliphatic heterocycles. The number of hydrogen-bond acceptors (Lipinski definition) is 6.